The number of cyclic esters (lactones) is 1. The van der Waals surface area contributed by atoms with E-state index in [-0.39, 0.29) is 25.2 Å². The number of rotatable bonds is 10. The topological polar surface area (TPSA) is 88.9 Å². The number of hydrogen-bond acceptors (Lipinski definition) is 6. The van der Waals surface area contributed by atoms with Crippen molar-refractivity contribution in [3.63, 3.8) is 0 Å². The largest absolute Gasteiger partial charge is 0.489 e. The Morgan fingerprint density at radius 1 is 1.16 bits per heavy atom. The Bertz CT molecular complexity index is 950. The number of carbonyl (C=O) groups is 2. The SMILES string of the molecule is CCCC(C(=O)OCC)N1C(=O)OC[C@@H]1Cc1ccc(OCc2ccc(C#N)cc2)cc1. The van der Waals surface area contributed by atoms with Gasteiger partial charge in [-0.25, -0.2) is 9.59 Å². The Morgan fingerprint density at radius 3 is 2.47 bits per heavy atom. The first-order valence-corrected chi connectivity index (χ1v) is 10.9. The van der Waals surface area contributed by atoms with Gasteiger partial charge in [0.25, 0.3) is 0 Å². The van der Waals surface area contributed by atoms with Crippen molar-refractivity contribution in [3.05, 3.63) is 65.2 Å². The maximum Gasteiger partial charge on any atom is 0.410 e. The highest BCUT2D eigenvalue weighted by atomic mass is 16.6. The number of esters is 1. The highest BCUT2D eigenvalue weighted by molar-refractivity contribution is 5.82. The summed E-state index contributed by atoms with van der Waals surface area (Å²) in [4.78, 5) is 26.3. The summed E-state index contributed by atoms with van der Waals surface area (Å²) in [5.41, 5.74) is 2.61. The molecule has 168 valence electrons. The number of benzene rings is 2. The van der Waals surface area contributed by atoms with Gasteiger partial charge in [0.1, 0.15) is 25.0 Å². The predicted molar refractivity (Wildman–Crippen MR) is 118 cm³/mol. The van der Waals surface area contributed by atoms with Gasteiger partial charge in [-0.2, -0.15) is 5.26 Å². The molecule has 1 unspecified atom stereocenters. The molecule has 1 amide bonds. The van der Waals surface area contributed by atoms with Crippen LogP contribution in [0.2, 0.25) is 0 Å². The van der Waals surface area contributed by atoms with E-state index in [0.29, 0.717) is 25.0 Å². The second-order valence-electron chi connectivity index (χ2n) is 7.64. The first-order chi connectivity index (χ1) is 15.5. The summed E-state index contributed by atoms with van der Waals surface area (Å²) in [5, 5.41) is 8.87. The zero-order chi connectivity index (χ0) is 22.9. The Morgan fingerprint density at radius 2 is 1.84 bits per heavy atom. The summed E-state index contributed by atoms with van der Waals surface area (Å²) in [6.45, 7) is 4.65. The van der Waals surface area contributed by atoms with Crippen LogP contribution in [0, 0.1) is 11.3 Å². The average Bonchev–Trinajstić information content (AvgIpc) is 3.17. The molecule has 2 atom stereocenters. The average molecular weight is 437 g/mol. The highest BCUT2D eigenvalue weighted by Crippen LogP contribution is 2.24. The quantitative estimate of drug-likeness (QED) is 0.518. The van der Waals surface area contributed by atoms with Crippen molar-refractivity contribution >= 4 is 12.1 Å². The van der Waals surface area contributed by atoms with Crippen LogP contribution in [0.15, 0.2) is 48.5 Å². The third-order valence-corrected chi connectivity index (χ3v) is 5.34. The maximum atomic E-state index is 12.4. The number of ether oxygens (including phenoxy) is 3. The summed E-state index contributed by atoms with van der Waals surface area (Å²) >= 11 is 0. The van der Waals surface area contributed by atoms with Crippen molar-refractivity contribution in [2.75, 3.05) is 13.2 Å². The molecular formula is C25H28N2O5. The van der Waals surface area contributed by atoms with Gasteiger partial charge in [0, 0.05) is 0 Å². The van der Waals surface area contributed by atoms with Crippen molar-refractivity contribution in [3.8, 4) is 11.8 Å². The van der Waals surface area contributed by atoms with E-state index in [4.69, 9.17) is 19.5 Å². The molecular weight excluding hydrogens is 408 g/mol. The summed E-state index contributed by atoms with van der Waals surface area (Å²) in [7, 11) is 0. The predicted octanol–water partition coefficient (Wildman–Crippen LogP) is 4.23. The summed E-state index contributed by atoms with van der Waals surface area (Å²) < 4.78 is 16.3. The zero-order valence-corrected chi connectivity index (χ0v) is 18.5. The lowest BCUT2D eigenvalue weighted by atomic mass is 10.0. The highest BCUT2D eigenvalue weighted by Gasteiger charge is 2.41. The van der Waals surface area contributed by atoms with Crippen LogP contribution in [0.4, 0.5) is 4.79 Å². The Labute approximate surface area is 188 Å². The molecule has 2 aromatic carbocycles. The minimum Gasteiger partial charge on any atom is -0.489 e. The fraction of sp³-hybridized carbons (Fsp3) is 0.400. The second-order valence-corrected chi connectivity index (χ2v) is 7.64. The minimum atomic E-state index is -0.630. The van der Waals surface area contributed by atoms with E-state index in [1.54, 1.807) is 19.1 Å². The first-order valence-electron chi connectivity index (χ1n) is 10.9. The molecule has 7 heteroatoms. The maximum absolute atomic E-state index is 12.4. The molecule has 1 aliphatic heterocycles. The molecule has 3 rings (SSSR count). The Hall–Kier alpha value is -3.53. The van der Waals surface area contributed by atoms with Gasteiger partial charge in [-0.05, 0) is 55.2 Å². The first kappa shape index (κ1) is 23.1. The molecule has 1 fully saturated rings. The number of nitrogens with zero attached hydrogens (tertiary/aromatic N) is 2. The van der Waals surface area contributed by atoms with Crippen molar-refractivity contribution in [2.45, 2.75) is 51.8 Å². The van der Waals surface area contributed by atoms with Gasteiger partial charge in [-0.3, -0.25) is 4.90 Å². The molecule has 0 aromatic heterocycles. The van der Waals surface area contributed by atoms with Gasteiger partial charge in [0.2, 0.25) is 0 Å². The molecule has 0 saturated carbocycles. The van der Waals surface area contributed by atoms with Crippen molar-refractivity contribution in [1.82, 2.24) is 4.90 Å². The molecule has 0 radical (unpaired) electrons. The molecule has 32 heavy (non-hydrogen) atoms. The molecule has 1 heterocycles. The van der Waals surface area contributed by atoms with E-state index in [1.807, 2.05) is 43.3 Å². The monoisotopic (exact) mass is 436 g/mol. The number of carbonyl (C=O) groups excluding carboxylic acids is 2. The molecule has 0 N–H and O–H groups in total. The molecule has 1 saturated heterocycles. The van der Waals surface area contributed by atoms with Crippen LogP contribution < -0.4 is 4.74 Å². The number of hydrogen-bond donors (Lipinski definition) is 0. The van der Waals surface area contributed by atoms with Gasteiger partial charge < -0.3 is 14.2 Å². The molecule has 0 bridgehead atoms. The number of amides is 1. The molecule has 1 aliphatic rings. The van der Waals surface area contributed by atoms with Crippen LogP contribution in [0.3, 0.4) is 0 Å². The lowest BCUT2D eigenvalue weighted by Crippen LogP contribution is -2.48. The molecule has 0 aliphatic carbocycles. The Kier molecular flexibility index (Phi) is 8.09. The van der Waals surface area contributed by atoms with Crippen LogP contribution in [0.1, 0.15) is 43.4 Å². The van der Waals surface area contributed by atoms with E-state index >= 15 is 0 Å². The van der Waals surface area contributed by atoms with Crippen LogP contribution in [-0.4, -0.2) is 42.3 Å². The van der Waals surface area contributed by atoms with Crippen molar-refractivity contribution < 1.29 is 23.8 Å². The second kappa shape index (κ2) is 11.2. The van der Waals surface area contributed by atoms with E-state index < -0.39 is 12.1 Å². The molecule has 0 spiro atoms. The van der Waals surface area contributed by atoms with E-state index in [1.165, 1.54) is 4.90 Å². The lowest BCUT2D eigenvalue weighted by Gasteiger charge is -2.29. The van der Waals surface area contributed by atoms with Crippen LogP contribution in [-0.2, 0) is 27.3 Å². The van der Waals surface area contributed by atoms with Gasteiger partial charge in [-0.1, -0.05) is 37.6 Å². The van der Waals surface area contributed by atoms with Crippen LogP contribution in [0.25, 0.3) is 0 Å². The molecule has 7 nitrogen and oxygen atoms in total. The third kappa shape index (κ3) is 5.79. The van der Waals surface area contributed by atoms with Gasteiger partial charge in [0.15, 0.2) is 0 Å². The van der Waals surface area contributed by atoms with Gasteiger partial charge >= 0.3 is 12.1 Å². The minimum absolute atomic E-state index is 0.228. The molecule has 2 aromatic rings. The lowest BCUT2D eigenvalue weighted by molar-refractivity contribution is -0.149. The fourth-order valence-electron chi connectivity index (χ4n) is 3.73. The normalized spacial score (nSPS) is 16.2. The fourth-order valence-corrected chi connectivity index (χ4v) is 3.73. The zero-order valence-electron chi connectivity index (χ0n) is 18.5. The number of nitriles is 1. The summed E-state index contributed by atoms with van der Waals surface area (Å²) in [5.74, 6) is 0.342. The Balaban J connectivity index is 1.62. The van der Waals surface area contributed by atoms with Crippen molar-refractivity contribution in [2.24, 2.45) is 0 Å². The third-order valence-electron chi connectivity index (χ3n) is 5.34. The summed E-state index contributed by atoms with van der Waals surface area (Å²) in [6.07, 6.45) is 1.39. The van der Waals surface area contributed by atoms with Crippen molar-refractivity contribution in [1.29, 1.82) is 5.26 Å². The smallest absolute Gasteiger partial charge is 0.410 e. The standard InChI is InChI=1S/C25H28N2O5/c1-3-5-23(24(28)30-4-2)27-21(17-32-25(27)29)14-18-10-12-22(13-11-18)31-16-20-8-6-19(15-26)7-9-20/h6-13,21,23H,3-5,14,16-17H2,1-2H3/t21-,23?/m0/s1. The van der Waals surface area contributed by atoms with Crippen LogP contribution in [0.5, 0.6) is 5.75 Å². The van der Waals surface area contributed by atoms with Gasteiger partial charge in [-0.15, -0.1) is 0 Å². The van der Waals surface area contributed by atoms with E-state index in [0.717, 1.165) is 23.3 Å². The van der Waals surface area contributed by atoms with E-state index in [2.05, 4.69) is 6.07 Å². The van der Waals surface area contributed by atoms with Gasteiger partial charge in [0.05, 0.1) is 24.3 Å². The summed E-state index contributed by atoms with van der Waals surface area (Å²) in [6, 6.07) is 16.2. The van der Waals surface area contributed by atoms with E-state index in [9.17, 15) is 9.59 Å². The van der Waals surface area contributed by atoms with Crippen LogP contribution >= 0.6 is 0 Å².